The maximum Gasteiger partial charge on any atom is 0.324 e. The molecular formula is C12H15NO5S. The summed E-state index contributed by atoms with van der Waals surface area (Å²) in [5.41, 5.74) is 0.588. The van der Waals surface area contributed by atoms with Crippen LogP contribution in [0.2, 0.25) is 0 Å². The molecule has 0 aliphatic carbocycles. The smallest absolute Gasteiger partial charge is 0.324 e. The number of hydrogen-bond acceptors (Lipinski definition) is 7. The van der Waals surface area contributed by atoms with Gasteiger partial charge in [-0.3, -0.25) is 10.1 Å². The van der Waals surface area contributed by atoms with Crippen LogP contribution < -0.4 is 5.32 Å². The predicted molar refractivity (Wildman–Crippen MR) is 70.2 cm³/mol. The Morgan fingerprint density at radius 3 is 2.63 bits per heavy atom. The van der Waals surface area contributed by atoms with E-state index in [1.165, 1.54) is 23.9 Å². The van der Waals surface area contributed by atoms with Gasteiger partial charge in [-0.1, -0.05) is 0 Å². The number of nitrogens with one attached hydrogen (secondary N) is 1. The normalized spacial score (nSPS) is 22.4. The average Bonchev–Trinajstić information content (AvgIpc) is 2.85. The molecule has 4 N–H and O–H groups in total. The fraction of sp³-hybridized carbons (Fsp3) is 0.417. The maximum atomic E-state index is 11.6. The fourth-order valence-electron chi connectivity index (χ4n) is 1.82. The highest BCUT2D eigenvalue weighted by atomic mass is 32.2. The van der Waals surface area contributed by atoms with Gasteiger partial charge in [-0.25, -0.2) is 0 Å². The average molecular weight is 285 g/mol. The van der Waals surface area contributed by atoms with Gasteiger partial charge >= 0.3 is 5.97 Å². The van der Waals surface area contributed by atoms with E-state index in [1.54, 1.807) is 6.92 Å². The van der Waals surface area contributed by atoms with E-state index in [1.807, 2.05) is 0 Å². The third-order valence-electron chi connectivity index (χ3n) is 2.75. The van der Waals surface area contributed by atoms with E-state index in [4.69, 9.17) is 4.74 Å². The molecule has 0 saturated carbocycles. The number of esters is 1. The van der Waals surface area contributed by atoms with Crippen LogP contribution in [0.25, 0.3) is 0 Å². The number of carbonyl (C=O) groups excluding carboxylic acids is 1. The topological polar surface area (TPSA) is 99.0 Å². The molecule has 104 valence electrons. The molecule has 0 aromatic heterocycles. The predicted octanol–water partition coefficient (Wildman–Crippen LogP) is 1.07. The fourth-order valence-corrected chi connectivity index (χ4v) is 3.03. The van der Waals surface area contributed by atoms with Crippen LogP contribution in [-0.2, 0) is 9.53 Å². The molecule has 6 nitrogen and oxygen atoms in total. The van der Waals surface area contributed by atoms with Crippen LogP contribution >= 0.6 is 11.8 Å². The largest absolute Gasteiger partial charge is 0.504 e. The van der Waals surface area contributed by atoms with E-state index in [0.717, 1.165) is 0 Å². The van der Waals surface area contributed by atoms with Crippen molar-refractivity contribution in [3.63, 3.8) is 0 Å². The van der Waals surface area contributed by atoms with Crippen LogP contribution in [0.1, 0.15) is 17.9 Å². The van der Waals surface area contributed by atoms with Gasteiger partial charge in [0.2, 0.25) is 0 Å². The summed E-state index contributed by atoms with van der Waals surface area (Å²) in [6.07, 6.45) is 0. The molecule has 1 fully saturated rings. The van der Waals surface area contributed by atoms with E-state index in [2.05, 4.69) is 5.32 Å². The van der Waals surface area contributed by atoms with Crippen molar-refractivity contribution < 1.29 is 24.9 Å². The highest BCUT2D eigenvalue weighted by Gasteiger charge is 2.32. The molecule has 1 heterocycles. The number of hydrogen-bond donors (Lipinski definition) is 4. The van der Waals surface area contributed by atoms with Crippen molar-refractivity contribution in [2.24, 2.45) is 0 Å². The number of phenolic OH excluding ortho intramolecular Hbond substituents is 3. The summed E-state index contributed by atoms with van der Waals surface area (Å²) in [5, 5.41) is 31.0. The Balaban J connectivity index is 2.11. The van der Waals surface area contributed by atoms with Gasteiger partial charge < -0.3 is 20.1 Å². The molecule has 1 aromatic carbocycles. The minimum Gasteiger partial charge on any atom is -0.504 e. The highest BCUT2D eigenvalue weighted by molar-refractivity contribution is 7.99. The summed E-state index contributed by atoms with van der Waals surface area (Å²) in [6.45, 7) is 2.07. The minimum atomic E-state index is -0.548. The van der Waals surface area contributed by atoms with E-state index in [-0.39, 0.29) is 11.3 Å². The van der Waals surface area contributed by atoms with Crippen LogP contribution in [0.4, 0.5) is 0 Å². The molecular weight excluding hydrogens is 270 g/mol. The summed E-state index contributed by atoms with van der Waals surface area (Å²) in [6, 6.07) is 2.30. The van der Waals surface area contributed by atoms with Crippen molar-refractivity contribution in [3.8, 4) is 17.2 Å². The first-order chi connectivity index (χ1) is 9.02. The summed E-state index contributed by atoms with van der Waals surface area (Å²) < 4.78 is 4.92. The first-order valence-corrected chi connectivity index (χ1v) is 6.87. The van der Waals surface area contributed by atoms with Crippen molar-refractivity contribution in [1.29, 1.82) is 0 Å². The van der Waals surface area contributed by atoms with E-state index in [0.29, 0.717) is 17.9 Å². The molecule has 1 aliphatic heterocycles. The number of ether oxygens (including phenoxy) is 1. The van der Waals surface area contributed by atoms with Gasteiger partial charge in [0.25, 0.3) is 0 Å². The van der Waals surface area contributed by atoms with Crippen LogP contribution in [0.5, 0.6) is 17.2 Å². The molecule has 2 unspecified atom stereocenters. The summed E-state index contributed by atoms with van der Waals surface area (Å²) in [4.78, 5) is 11.6. The molecule has 0 radical (unpaired) electrons. The van der Waals surface area contributed by atoms with Crippen LogP contribution in [0.15, 0.2) is 12.1 Å². The number of carbonyl (C=O) groups is 1. The lowest BCUT2D eigenvalue weighted by Gasteiger charge is -2.14. The molecule has 7 heteroatoms. The highest BCUT2D eigenvalue weighted by Crippen LogP contribution is 2.41. The molecule has 0 bridgehead atoms. The Labute approximate surface area is 114 Å². The third-order valence-corrected chi connectivity index (χ3v) is 4.02. The van der Waals surface area contributed by atoms with Gasteiger partial charge in [0.05, 0.1) is 12.0 Å². The first-order valence-electron chi connectivity index (χ1n) is 5.82. The monoisotopic (exact) mass is 285 g/mol. The Hall–Kier alpha value is -1.60. The van der Waals surface area contributed by atoms with E-state index >= 15 is 0 Å². The Bertz CT molecular complexity index is 470. The second kappa shape index (κ2) is 5.58. The summed E-state index contributed by atoms with van der Waals surface area (Å²) in [5.74, 6) is -1.10. The number of benzene rings is 1. The summed E-state index contributed by atoms with van der Waals surface area (Å²) >= 11 is 1.47. The third kappa shape index (κ3) is 2.87. The second-order valence-corrected chi connectivity index (χ2v) is 5.23. The minimum absolute atomic E-state index is 0.244. The summed E-state index contributed by atoms with van der Waals surface area (Å²) in [7, 11) is 0. The van der Waals surface area contributed by atoms with Gasteiger partial charge in [-0.2, -0.15) is 0 Å². The quantitative estimate of drug-likeness (QED) is 0.487. The maximum absolute atomic E-state index is 11.6. The molecule has 2 rings (SSSR count). The zero-order valence-electron chi connectivity index (χ0n) is 10.3. The molecule has 2 atom stereocenters. The standard InChI is InChI=1S/C12H15NO5S/c1-2-18-12(17)7-5-19-11(13-7)6-3-8(14)10(16)9(15)4-6/h3-4,7,11,13-16H,2,5H2,1H3. The lowest BCUT2D eigenvalue weighted by atomic mass is 10.1. The zero-order chi connectivity index (χ0) is 14.0. The number of rotatable bonds is 3. The Kier molecular flexibility index (Phi) is 4.06. The SMILES string of the molecule is CCOC(=O)C1CSC(c2cc(O)c(O)c(O)c2)N1. The van der Waals surface area contributed by atoms with Gasteiger partial charge in [-0.05, 0) is 24.6 Å². The van der Waals surface area contributed by atoms with Gasteiger partial charge in [-0.15, -0.1) is 11.8 Å². The van der Waals surface area contributed by atoms with Gasteiger partial charge in [0.1, 0.15) is 6.04 Å². The molecule has 0 amide bonds. The van der Waals surface area contributed by atoms with Crippen molar-refractivity contribution in [1.82, 2.24) is 5.32 Å². The zero-order valence-corrected chi connectivity index (χ0v) is 11.1. The van der Waals surface area contributed by atoms with E-state index in [9.17, 15) is 20.1 Å². The van der Waals surface area contributed by atoms with Crippen LogP contribution in [-0.4, -0.2) is 39.7 Å². The Morgan fingerprint density at radius 2 is 2.05 bits per heavy atom. The van der Waals surface area contributed by atoms with Crippen LogP contribution in [0, 0.1) is 0 Å². The molecule has 19 heavy (non-hydrogen) atoms. The molecule has 1 aromatic rings. The number of thioether (sulfide) groups is 1. The first kappa shape index (κ1) is 13.8. The molecule has 1 saturated heterocycles. The van der Waals surface area contributed by atoms with Crippen LogP contribution in [0.3, 0.4) is 0 Å². The molecule has 1 aliphatic rings. The van der Waals surface area contributed by atoms with E-state index < -0.39 is 23.3 Å². The van der Waals surface area contributed by atoms with Crippen molar-refractivity contribution in [2.75, 3.05) is 12.4 Å². The molecule has 0 spiro atoms. The number of aromatic hydroxyl groups is 3. The lowest BCUT2D eigenvalue weighted by Crippen LogP contribution is -2.35. The second-order valence-electron chi connectivity index (χ2n) is 4.09. The van der Waals surface area contributed by atoms with Crippen molar-refractivity contribution in [3.05, 3.63) is 17.7 Å². The number of phenols is 3. The van der Waals surface area contributed by atoms with Crippen molar-refractivity contribution in [2.45, 2.75) is 18.3 Å². The van der Waals surface area contributed by atoms with Gasteiger partial charge in [0.15, 0.2) is 17.2 Å². The van der Waals surface area contributed by atoms with Gasteiger partial charge in [0, 0.05) is 5.75 Å². The lowest BCUT2D eigenvalue weighted by molar-refractivity contribution is -0.144. The van der Waals surface area contributed by atoms with Crippen molar-refractivity contribution >= 4 is 17.7 Å². The Morgan fingerprint density at radius 1 is 1.42 bits per heavy atom.